The number of sulfonamides is 1. The highest BCUT2D eigenvalue weighted by molar-refractivity contribution is 7.90. The molecule has 0 unspecified atom stereocenters. The Kier molecular flexibility index (Phi) is 6.31. The molecule has 0 spiro atoms. The largest absolute Gasteiger partial charge is 0.444 e. The van der Waals surface area contributed by atoms with Crippen LogP contribution in [0.3, 0.4) is 0 Å². The second kappa shape index (κ2) is 8.49. The van der Waals surface area contributed by atoms with Crippen molar-refractivity contribution in [3.05, 3.63) is 29.8 Å². The summed E-state index contributed by atoms with van der Waals surface area (Å²) in [5, 5.41) is 0. The van der Waals surface area contributed by atoms with Crippen LogP contribution in [0.25, 0.3) is 0 Å². The Bertz CT molecular complexity index is 989. The lowest BCUT2D eigenvalue weighted by atomic mass is 10.0. The third-order valence-corrected chi connectivity index (χ3v) is 6.46. The zero-order valence-corrected chi connectivity index (χ0v) is 19.4. The van der Waals surface area contributed by atoms with Crippen LogP contribution in [0, 0.1) is 5.92 Å². The first-order chi connectivity index (χ1) is 14.4. The summed E-state index contributed by atoms with van der Waals surface area (Å²) in [5.41, 5.74) is -0.107. The van der Waals surface area contributed by atoms with Crippen molar-refractivity contribution in [2.24, 2.45) is 10.9 Å². The average Bonchev–Trinajstić information content (AvgIpc) is 2.94. The van der Waals surface area contributed by atoms with E-state index in [2.05, 4.69) is 9.71 Å². The predicted octanol–water partition coefficient (Wildman–Crippen LogP) is 1.83. The summed E-state index contributed by atoms with van der Waals surface area (Å²) in [6.07, 6.45) is -0.391. The van der Waals surface area contributed by atoms with E-state index in [1.165, 1.54) is 6.07 Å². The molecule has 0 saturated carbocycles. The van der Waals surface area contributed by atoms with Crippen molar-refractivity contribution in [2.45, 2.75) is 51.2 Å². The molecular formula is C21H30N4O5S. The van der Waals surface area contributed by atoms with E-state index in [9.17, 15) is 18.0 Å². The molecule has 2 aliphatic heterocycles. The fourth-order valence-electron chi connectivity index (χ4n) is 3.48. The number of hydrogen-bond donors (Lipinski definition) is 1. The molecule has 2 heterocycles. The van der Waals surface area contributed by atoms with Crippen molar-refractivity contribution in [1.29, 1.82) is 0 Å². The Morgan fingerprint density at radius 1 is 1.06 bits per heavy atom. The van der Waals surface area contributed by atoms with Crippen molar-refractivity contribution in [1.82, 2.24) is 14.5 Å². The molecule has 2 aliphatic rings. The maximum Gasteiger partial charge on any atom is 0.410 e. The van der Waals surface area contributed by atoms with Crippen LogP contribution < -0.4 is 4.72 Å². The first-order valence-corrected chi connectivity index (χ1v) is 11.8. The maximum absolute atomic E-state index is 13.2. The van der Waals surface area contributed by atoms with Gasteiger partial charge in [-0.15, -0.1) is 0 Å². The molecule has 1 saturated heterocycles. The van der Waals surface area contributed by atoms with Gasteiger partial charge >= 0.3 is 6.09 Å². The monoisotopic (exact) mass is 450 g/mol. The van der Waals surface area contributed by atoms with Crippen molar-refractivity contribution in [3.8, 4) is 0 Å². The van der Waals surface area contributed by atoms with E-state index in [0.717, 1.165) is 0 Å². The minimum Gasteiger partial charge on any atom is -0.444 e. The molecule has 1 N–H and O–H groups in total. The van der Waals surface area contributed by atoms with Gasteiger partial charge in [0.15, 0.2) is 0 Å². The van der Waals surface area contributed by atoms with Crippen LogP contribution in [-0.2, 0) is 19.6 Å². The Morgan fingerprint density at radius 2 is 1.65 bits per heavy atom. The van der Waals surface area contributed by atoms with Crippen molar-refractivity contribution < 1.29 is 22.7 Å². The van der Waals surface area contributed by atoms with E-state index in [-0.39, 0.29) is 22.6 Å². The highest BCUT2D eigenvalue weighted by atomic mass is 32.2. The molecule has 2 amide bonds. The number of nitrogens with one attached hydrogen (secondary N) is 1. The molecule has 0 aromatic heterocycles. The van der Waals surface area contributed by atoms with Crippen LogP contribution in [0.15, 0.2) is 34.2 Å². The van der Waals surface area contributed by atoms with Gasteiger partial charge in [-0.3, -0.25) is 14.5 Å². The summed E-state index contributed by atoms with van der Waals surface area (Å²) in [6.45, 7) is 10.7. The minimum absolute atomic E-state index is 0.138. The number of amides is 2. The number of carbonyl (C=O) groups excluding carboxylic acids is 2. The number of hydrogen-bond acceptors (Lipinski definition) is 6. The van der Waals surface area contributed by atoms with E-state index in [1.807, 2.05) is 34.6 Å². The van der Waals surface area contributed by atoms with Gasteiger partial charge in [0.1, 0.15) is 17.5 Å². The highest BCUT2D eigenvalue weighted by Gasteiger charge is 2.35. The standard InChI is InChI=1S/C21H30N4O5S/c1-14(2)17(22-18-15-8-6-7-9-16(15)31(28,29)23-18)19(26)24-10-12-25(13-11-24)20(27)30-21(3,4)5/h6-9,14,17H,10-13H2,1-5H3,(H,22,23)/t17-/m0/s1. The molecule has 0 bridgehead atoms. The minimum atomic E-state index is -3.67. The SMILES string of the molecule is CC(C)[C@H](N=C1NS(=O)(=O)c2ccccc21)C(=O)N1CCN(C(=O)OC(C)(C)C)CC1. The number of fused-ring (bicyclic) bond motifs is 1. The van der Waals surface area contributed by atoms with E-state index in [0.29, 0.717) is 31.7 Å². The molecule has 170 valence electrons. The molecule has 10 heteroatoms. The second-order valence-electron chi connectivity index (χ2n) is 9.06. The van der Waals surface area contributed by atoms with Gasteiger partial charge < -0.3 is 14.5 Å². The van der Waals surface area contributed by atoms with Gasteiger partial charge in [0, 0.05) is 31.7 Å². The van der Waals surface area contributed by atoms with E-state index < -0.39 is 27.8 Å². The Balaban J connectivity index is 1.73. The quantitative estimate of drug-likeness (QED) is 0.756. The van der Waals surface area contributed by atoms with Gasteiger partial charge in [0.2, 0.25) is 5.91 Å². The van der Waals surface area contributed by atoms with Crippen LogP contribution in [0.5, 0.6) is 0 Å². The fourth-order valence-corrected chi connectivity index (χ4v) is 4.72. The second-order valence-corrected chi connectivity index (χ2v) is 10.7. The smallest absolute Gasteiger partial charge is 0.410 e. The van der Waals surface area contributed by atoms with Crippen LogP contribution >= 0.6 is 0 Å². The van der Waals surface area contributed by atoms with E-state index in [1.54, 1.807) is 28.0 Å². The molecular weight excluding hydrogens is 420 g/mol. The third kappa shape index (κ3) is 5.17. The predicted molar refractivity (Wildman–Crippen MR) is 116 cm³/mol. The fraction of sp³-hybridized carbons (Fsp3) is 0.571. The first kappa shape index (κ1) is 23.1. The molecule has 1 aromatic rings. The Labute approximate surface area is 183 Å². The van der Waals surface area contributed by atoms with Crippen LogP contribution in [0.4, 0.5) is 4.79 Å². The Morgan fingerprint density at radius 3 is 2.23 bits per heavy atom. The summed E-state index contributed by atoms with van der Waals surface area (Å²) in [7, 11) is -3.67. The van der Waals surface area contributed by atoms with E-state index >= 15 is 0 Å². The lowest BCUT2D eigenvalue weighted by Gasteiger charge is -2.37. The number of nitrogens with zero attached hydrogens (tertiary/aromatic N) is 3. The van der Waals surface area contributed by atoms with Crippen molar-refractivity contribution >= 4 is 27.9 Å². The summed E-state index contributed by atoms with van der Waals surface area (Å²) in [5.74, 6) is -0.133. The highest BCUT2D eigenvalue weighted by Crippen LogP contribution is 2.24. The van der Waals surface area contributed by atoms with Crippen LogP contribution in [0.1, 0.15) is 40.2 Å². The van der Waals surface area contributed by atoms with Gasteiger partial charge in [0.05, 0.1) is 4.90 Å². The number of amidine groups is 1. The molecule has 1 aromatic carbocycles. The molecule has 3 rings (SSSR count). The zero-order chi connectivity index (χ0) is 23.0. The molecule has 1 atom stereocenters. The van der Waals surface area contributed by atoms with Gasteiger partial charge in [-0.1, -0.05) is 26.0 Å². The van der Waals surface area contributed by atoms with Crippen LogP contribution in [0.2, 0.25) is 0 Å². The van der Waals surface area contributed by atoms with Gasteiger partial charge in [-0.2, -0.15) is 0 Å². The molecule has 9 nitrogen and oxygen atoms in total. The topological polar surface area (TPSA) is 108 Å². The maximum atomic E-state index is 13.2. The summed E-state index contributed by atoms with van der Waals surface area (Å²) >= 11 is 0. The van der Waals surface area contributed by atoms with E-state index in [4.69, 9.17) is 4.74 Å². The number of benzene rings is 1. The van der Waals surface area contributed by atoms with Crippen molar-refractivity contribution in [3.63, 3.8) is 0 Å². The van der Waals surface area contributed by atoms with Gasteiger partial charge in [0.25, 0.3) is 10.0 Å². The number of piperazine rings is 1. The number of ether oxygens (including phenoxy) is 1. The lowest BCUT2D eigenvalue weighted by Crippen LogP contribution is -2.54. The van der Waals surface area contributed by atoms with Gasteiger partial charge in [-0.05, 0) is 38.8 Å². The summed E-state index contributed by atoms with van der Waals surface area (Å²) < 4.78 is 32.6. The zero-order valence-electron chi connectivity index (χ0n) is 18.6. The number of carbonyl (C=O) groups is 2. The Hall–Kier alpha value is -2.62. The molecule has 31 heavy (non-hydrogen) atoms. The third-order valence-electron chi connectivity index (χ3n) is 5.06. The number of rotatable bonds is 3. The molecule has 1 fully saturated rings. The average molecular weight is 451 g/mol. The number of aliphatic imine (C=N–C) groups is 1. The molecule has 0 aliphatic carbocycles. The summed E-state index contributed by atoms with van der Waals surface area (Å²) in [6, 6.07) is 5.84. The lowest BCUT2D eigenvalue weighted by molar-refractivity contribution is -0.135. The molecule has 0 radical (unpaired) electrons. The normalized spacial score (nSPS) is 20.4. The van der Waals surface area contributed by atoms with Crippen LogP contribution in [-0.4, -0.2) is 73.9 Å². The summed E-state index contributed by atoms with van der Waals surface area (Å²) in [4.78, 5) is 33.4. The van der Waals surface area contributed by atoms with Crippen molar-refractivity contribution in [2.75, 3.05) is 26.2 Å². The first-order valence-electron chi connectivity index (χ1n) is 10.4. The van der Waals surface area contributed by atoms with Gasteiger partial charge in [-0.25, -0.2) is 13.2 Å².